The van der Waals surface area contributed by atoms with Crippen molar-refractivity contribution in [1.29, 1.82) is 0 Å². The summed E-state index contributed by atoms with van der Waals surface area (Å²) in [5.41, 5.74) is 8.91. The number of nitrogens with zero attached hydrogens (tertiary/aromatic N) is 1. The fraction of sp³-hybridized carbons (Fsp3) is 0.0769. The fourth-order valence-corrected chi connectivity index (χ4v) is 6.89. The maximum absolute atomic E-state index is 2.41. The number of anilines is 3. The Morgan fingerprint density at radius 2 is 0.875 bits per heavy atom. The molecule has 1 aliphatic carbocycles. The van der Waals surface area contributed by atoms with Crippen molar-refractivity contribution in [3.63, 3.8) is 0 Å². The molecule has 0 radical (unpaired) electrons. The van der Waals surface area contributed by atoms with Crippen LogP contribution in [-0.4, -0.2) is 0 Å². The fourth-order valence-electron chi connectivity index (χ4n) is 6.89. The summed E-state index contributed by atoms with van der Waals surface area (Å²) in [6, 6.07) is 51.2. The maximum Gasteiger partial charge on any atom is 0.0468 e. The van der Waals surface area contributed by atoms with Gasteiger partial charge in [0.2, 0.25) is 0 Å². The highest BCUT2D eigenvalue weighted by Crippen LogP contribution is 2.50. The molecule has 7 aromatic rings. The topological polar surface area (TPSA) is 3.24 Å². The first-order valence-electron chi connectivity index (χ1n) is 14.0. The van der Waals surface area contributed by atoms with Crippen LogP contribution in [0.4, 0.5) is 17.1 Å². The van der Waals surface area contributed by atoms with Crippen molar-refractivity contribution in [3.8, 4) is 11.1 Å². The Bertz CT molecular complexity index is 2050. The van der Waals surface area contributed by atoms with Crippen LogP contribution < -0.4 is 4.90 Å². The molecule has 0 saturated heterocycles. The van der Waals surface area contributed by atoms with E-state index in [-0.39, 0.29) is 5.41 Å². The molecule has 8 rings (SSSR count). The average molecular weight is 512 g/mol. The molecule has 0 N–H and O–H groups in total. The Morgan fingerprint density at radius 1 is 0.375 bits per heavy atom. The van der Waals surface area contributed by atoms with E-state index in [4.69, 9.17) is 0 Å². The van der Waals surface area contributed by atoms with Crippen molar-refractivity contribution in [3.05, 3.63) is 151 Å². The Hall–Kier alpha value is -4.88. The predicted octanol–water partition coefficient (Wildman–Crippen LogP) is 10.9. The molecule has 40 heavy (non-hydrogen) atoms. The highest BCUT2D eigenvalue weighted by atomic mass is 15.1. The Balaban J connectivity index is 1.38. The van der Waals surface area contributed by atoms with E-state index in [1.54, 1.807) is 0 Å². The molecule has 0 aromatic heterocycles. The number of para-hydroxylation sites is 1. The Labute approximate surface area is 234 Å². The molecule has 0 saturated carbocycles. The summed E-state index contributed by atoms with van der Waals surface area (Å²) in [5.74, 6) is 0. The molecule has 0 spiro atoms. The zero-order valence-corrected chi connectivity index (χ0v) is 22.7. The van der Waals surface area contributed by atoms with Gasteiger partial charge in [0.25, 0.3) is 0 Å². The van der Waals surface area contributed by atoms with E-state index < -0.39 is 0 Å². The predicted molar refractivity (Wildman–Crippen MR) is 171 cm³/mol. The molecule has 1 heteroatoms. The van der Waals surface area contributed by atoms with Gasteiger partial charge in [-0.3, -0.25) is 0 Å². The van der Waals surface area contributed by atoms with Crippen LogP contribution in [0.15, 0.2) is 140 Å². The smallest absolute Gasteiger partial charge is 0.0468 e. The Kier molecular flexibility index (Phi) is 4.93. The summed E-state index contributed by atoms with van der Waals surface area (Å²) in [5, 5.41) is 7.76. The zero-order valence-electron chi connectivity index (χ0n) is 22.7. The second-order valence-electron chi connectivity index (χ2n) is 11.4. The Morgan fingerprint density at radius 3 is 1.57 bits per heavy atom. The lowest BCUT2D eigenvalue weighted by molar-refractivity contribution is 0.660. The minimum atomic E-state index is -0.0528. The van der Waals surface area contributed by atoms with Gasteiger partial charge in [-0.1, -0.05) is 117 Å². The van der Waals surface area contributed by atoms with Crippen molar-refractivity contribution in [2.75, 3.05) is 4.90 Å². The van der Waals surface area contributed by atoms with Gasteiger partial charge in [-0.05, 0) is 91.0 Å². The quantitative estimate of drug-likeness (QED) is 0.213. The van der Waals surface area contributed by atoms with Crippen LogP contribution in [0, 0.1) is 0 Å². The molecule has 1 nitrogen and oxygen atoms in total. The standard InChI is InChI=1S/C39H29N/c1-39(2)37-19-11-10-18-34(37)35-23-21-28(25-38(35)39)40(26-12-4-3-5-13-26)27-20-22-33-31-16-7-6-14-29(31)30-15-8-9-17-32(30)36(33)24-27/h3-25H,1-2H3. The lowest BCUT2D eigenvalue weighted by atomic mass is 9.82. The molecule has 0 fully saturated rings. The summed E-state index contributed by atoms with van der Waals surface area (Å²) in [6.07, 6.45) is 0. The van der Waals surface area contributed by atoms with E-state index in [0.29, 0.717) is 0 Å². The molecule has 1 aliphatic rings. The first-order valence-corrected chi connectivity index (χ1v) is 14.0. The minimum absolute atomic E-state index is 0.0528. The summed E-state index contributed by atoms with van der Waals surface area (Å²) in [7, 11) is 0. The molecule has 0 atom stereocenters. The third-order valence-corrected chi connectivity index (χ3v) is 8.83. The number of fused-ring (bicyclic) bond motifs is 9. The van der Waals surface area contributed by atoms with E-state index in [1.807, 2.05) is 0 Å². The first-order chi connectivity index (χ1) is 19.6. The molecule has 190 valence electrons. The lowest BCUT2D eigenvalue weighted by Crippen LogP contribution is -2.16. The third-order valence-electron chi connectivity index (χ3n) is 8.83. The molecule has 0 bridgehead atoms. The van der Waals surface area contributed by atoms with Crippen LogP contribution in [0.5, 0.6) is 0 Å². The number of benzene rings is 7. The SMILES string of the molecule is CC1(C)c2ccccc2-c2ccc(N(c3ccccc3)c3ccc4c5ccccc5c5ccccc5c4c3)cc21. The van der Waals surface area contributed by atoms with Gasteiger partial charge < -0.3 is 4.90 Å². The van der Waals surface area contributed by atoms with Gasteiger partial charge in [0.05, 0.1) is 0 Å². The highest BCUT2D eigenvalue weighted by Gasteiger charge is 2.35. The molecule has 0 heterocycles. The van der Waals surface area contributed by atoms with Crippen molar-refractivity contribution < 1.29 is 0 Å². The van der Waals surface area contributed by atoms with Crippen molar-refractivity contribution in [2.24, 2.45) is 0 Å². The molecule has 7 aromatic carbocycles. The maximum atomic E-state index is 2.41. The molecule has 0 unspecified atom stereocenters. The minimum Gasteiger partial charge on any atom is -0.310 e. The lowest BCUT2D eigenvalue weighted by Gasteiger charge is -2.28. The van der Waals surface area contributed by atoms with E-state index >= 15 is 0 Å². The van der Waals surface area contributed by atoms with E-state index in [0.717, 1.165) is 11.4 Å². The second-order valence-corrected chi connectivity index (χ2v) is 11.4. The van der Waals surface area contributed by atoms with Gasteiger partial charge in [-0.25, -0.2) is 0 Å². The summed E-state index contributed by atoms with van der Waals surface area (Å²) >= 11 is 0. The number of hydrogen-bond donors (Lipinski definition) is 0. The summed E-state index contributed by atoms with van der Waals surface area (Å²) < 4.78 is 0. The monoisotopic (exact) mass is 511 g/mol. The summed E-state index contributed by atoms with van der Waals surface area (Å²) in [6.45, 7) is 4.70. The van der Waals surface area contributed by atoms with Crippen LogP contribution in [0.2, 0.25) is 0 Å². The van der Waals surface area contributed by atoms with Gasteiger partial charge >= 0.3 is 0 Å². The molecule has 0 aliphatic heterocycles. The molecule has 0 amide bonds. The van der Waals surface area contributed by atoms with E-state index in [1.165, 1.54) is 60.3 Å². The van der Waals surface area contributed by atoms with Gasteiger partial charge in [-0.2, -0.15) is 0 Å². The van der Waals surface area contributed by atoms with Gasteiger partial charge in [0, 0.05) is 22.5 Å². The van der Waals surface area contributed by atoms with Crippen molar-refractivity contribution in [1.82, 2.24) is 0 Å². The van der Waals surface area contributed by atoms with Crippen LogP contribution >= 0.6 is 0 Å². The normalized spacial score (nSPS) is 13.4. The number of hydrogen-bond acceptors (Lipinski definition) is 1. The largest absolute Gasteiger partial charge is 0.310 e. The van der Waals surface area contributed by atoms with Crippen LogP contribution in [-0.2, 0) is 5.41 Å². The van der Waals surface area contributed by atoms with E-state index in [2.05, 4.69) is 158 Å². The van der Waals surface area contributed by atoms with Crippen LogP contribution in [0.25, 0.3) is 43.4 Å². The van der Waals surface area contributed by atoms with Gasteiger partial charge in [-0.15, -0.1) is 0 Å². The highest BCUT2D eigenvalue weighted by molar-refractivity contribution is 6.25. The average Bonchev–Trinajstić information content (AvgIpc) is 3.24. The van der Waals surface area contributed by atoms with Crippen molar-refractivity contribution >= 4 is 49.4 Å². The van der Waals surface area contributed by atoms with E-state index in [9.17, 15) is 0 Å². The first kappa shape index (κ1) is 23.0. The second kappa shape index (κ2) is 8.56. The zero-order chi connectivity index (χ0) is 26.8. The van der Waals surface area contributed by atoms with Gasteiger partial charge in [0.1, 0.15) is 0 Å². The van der Waals surface area contributed by atoms with Gasteiger partial charge in [0.15, 0.2) is 0 Å². The molecular formula is C39H29N. The number of rotatable bonds is 3. The third kappa shape index (κ3) is 3.28. The van der Waals surface area contributed by atoms with Crippen molar-refractivity contribution in [2.45, 2.75) is 19.3 Å². The van der Waals surface area contributed by atoms with Crippen LogP contribution in [0.1, 0.15) is 25.0 Å². The van der Waals surface area contributed by atoms with Crippen LogP contribution in [0.3, 0.4) is 0 Å². The summed E-state index contributed by atoms with van der Waals surface area (Å²) in [4.78, 5) is 2.41. The molecular weight excluding hydrogens is 482 g/mol.